The number of anilines is 1. The average Bonchev–Trinajstić information content (AvgIpc) is 3.11. The summed E-state index contributed by atoms with van der Waals surface area (Å²) in [6, 6.07) is 6.54. The van der Waals surface area contributed by atoms with Crippen LogP contribution in [0.2, 0.25) is 0 Å². The second-order valence-electron chi connectivity index (χ2n) is 5.26. The molecule has 0 N–H and O–H groups in total. The van der Waals surface area contributed by atoms with Crippen molar-refractivity contribution in [2.45, 2.75) is 20.0 Å². The van der Waals surface area contributed by atoms with E-state index in [9.17, 15) is 0 Å². The van der Waals surface area contributed by atoms with Gasteiger partial charge >= 0.3 is 0 Å². The number of ether oxygens (including phenoxy) is 1. The number of nitrogens with zero attached hydrogens (tertiary/aromatic N) is 5. The summed E-state index contributed by atoms with van der Waals surface area (Å²) in [4.78, 5) is 6.44. The monoisotopic (exact) mass is 301 g/mol. The second-order valence-corrected chi connectivity index (χ2v) is 5.26. The lowest BCUT2D eigenvalue weighted by Gasteiger charge is -2.14. The van der Waals surface area contributed by atoms with Crippen molar-refractivity contribution in [1.82, 2.24) is 19.7 Å². The van der Waals surface area contributed by atoms with E-state index in [0.717, 1.165) is 29.0 Å². The van der Waals surface area contributed by atoms with Crippen molar-refractivity contribution in [3.05, 3.63) is 35.9 Å². The topological polar surface area (TPSA) is 69.2 Å². The first kappa shape index (κ1) is 14.5. The molecular weight excluding hydrogens is 282 g/mol. The Balaban J connectivity index is 1.78. The van der Waals surface area contributed by atoms with Crippen LogP contribution in [0.3, 0.4) is 0 Å². The van der Waals surface area contributed by atoms with Crippen molar-refractivity contribution in [2.24, 2.45) is 0 Å². The molecule has 2 aromatic heterocycles. The van der Waals surface area contributed by atoms with Gasteiger partial charge in [-0.1, -0.05) is 6.07 Å². The van der Waals surface area contributed by atoms with E-state index in [0.29, 0.717) is 19.2 Å². The van der Waals surface area contributed by atoms with Crippen LogP contribution in [0.15, 0.2) is 28.9 Å². The van der Waals surface area contributed by atoms with Crippen molar-refractivity contribution in [2.75, 3.05) is 25.7 Å². The minimum atomic E-state index is 0.565. The quantitative estimate of drug-likeness (QED) is 0.693. The fourth-order valence-corrected chi connectivity index (χ4v) is 2.25. The molecule has 1 aromatic carbocycles. The molecule has 0 spiro atoms. The van der Waals surface area contributed by atoms with Gasteiger partial charge in [-0.25, -0.2) is 0 Å². The largest absolute Gasteiger partial charge is 0.423 e. The summed E-state index contributed by atoms with van der Waals surface area (Å²) in [5.74, 6) is 0.845. The molecule has 116 valence electrons. The molecule has 0 fully saturated rings. The molecule has 0 saturated carbocycles. The van der Waals surface area contributed by atoms with Gasteiger partial charge in [0.25, 0.3) is 6.01 Å². The fourth-order valence-electron chi connectivity index (χ4n) is 2.25. The SMILES string of the molecule is COCCn1cnnc1CN(C)c1nc2cc(C)ccc2o1. The summed E-state index contributed by atoms with van der Waals surface area (Å²) >= 11 is 0. The van der Waals surface area contributed by atoms with Gasteiger partial charge in [0.1, 0.15) is 11.8 Å². The highest BCUT2D eigenvalue weighted by Crippen LogP contribution is 2.22. The van der Waals surface area contributed by atoms with Crippen molar-refractivity contribution in [1.29, 1.82) is 0 Å². The second kappa shape index (κ2) is 6.15. The van der Waals surface area contributed by atoms with E-state index >= 15 is 0 Å². The van der Waals surface area contributed by atoms with Crippen LogP contribution in [0, 0.1) is 6.92 Å². The van der Waals surface area contributed by atoms with E-state index < -0.39 is 0 Å². The third kappa shape index (κ3) is 2.94. The molecule has 22 heavy (non-hydrogen) atoms. The van der Waals surface area contributed by atoms with E-state index in [1.807, 2.05) is 41.6 Å². The minimum absolute atomic E-state index is 0.565. The van der Waals surface area contributed by atoms with Crippen molar-refractivity contribution >= 4 is 17.1 Å². The molecule has 0 aliphatic rings. The normalized spacial score (nSPS) is 11.2. The minimum Gasteiger partial charge on any atom is -0.423 e. The third-order valence-electron chi connectivity index (χ3n) is 3.47. The van der Waals surface area contributed by atoms with Crippen LogP contribution in [-0.4, -0.2) is 40.5 Å². The number of rotatable bonds is 6. The van der Waals surface area contributed by atoms with Gasteiger partial charge < -0.3 is 18.6 Å². The molecule has 0 atom stereocenters. The lowest BCUT2D eigenvalue weighted by molar-refractivity contribution is 0.186. The predicted octanol–water partition coefficient (Wildman–Crippen LogP) is 2.01. The summed E-state index contributed by atoms with van der Waals surface area (Å²) in [7, 11) is 3.60. The molecule has 0 aliphatic carbocycles. The molecule has 3 rings (SSSR count). The first-order valence-corrected chi connectivity index (χ1v) is 7.11. The average molecular weight is 301 g/mol. The highest BCUT2D eigenvalue weighted by molar-refractivity contribution is 5.75. The number of hydrogen-bond donors (Lipinski definition) is 0. The zero-order valence-corrected chi connectivity index (χ0v) is 13.0. The van der Waals surface area contributed by atoms with Gasteiger partial charge in [0.2, 0.25) is 0 Å². The Kier molecular flexibility index (Phi) is 4.06. The molecule has 7 heteroatoms. The molecular formula is C15H19N5O2. The first-order chi connectivity index (χ1) is 10.7. The Morgan fingerprint density at radius 2 is 2.23 bits per heavy atom. The molecule has 3 aromatic rings. The molecule has 7 nitrogen and oxygen atoms in total. The maximum atomic E-state index is 5.79. The van der Waals surface area contributed by atoms with E-state index in [4.69, 9.17) is 9.15 Å². The van der Waals surface area contributed by atoms with Gasteiger partial charge in [-0.05, 0) is 24.6 Å². The molecule has 0 bridgehead atoms. The van der Waals surface area contributed by atoms with Crippen molar-refractivity contribution in [3.63, 3.8) is 0 Å². The standard InChI is InChI=1S/C15H19N5O2/c1-11-4-5-13-12(8-11)17-15(22-13)19(2)9-14-18-16-10-20(14)6-7-21-3/h4-5,8,10H,6-7,9H2,1-3H3. The van der Waals surface area contributed by atoms with Gasteiger partial charge in [-0.15, -0.1) is 10.2 Å². The maximum Gasteiger partial charge on any atom is 0.298 e. The molecule has 0 saturated heterocycles. The number of oxazole rings is 1. The van der Waals surface area contributed by atoms with Crippen LogP contribution in [0.25, 0.3) is 11.1 Å². The summed E-state index contributed by atoms with van der Waals surface area (Å²) < 4.78 is 12.8. The van der Waals surface area contributed by atoms with Gasteiger partial charge in [0, 0.05) is 20.7 Å². The first-order valence-electron chi connectivity index (χ1n) is 7.11. The lowest BCUT2D eigenvalue weighted by Crippen LogP contribution is -2.20. The maximum absolute atomic E-state index is 5.79. The number of aromatic nitrogens is 4. The van der Waals surface area contributed by atoms with Crippen molar-refractivity contribution in [3.8, 4) is 0 Å². The highest BCUT2D eigenvalue weighted by atomic mass is 16.5. The lowest BCUT2D eigenvalue weighted by atomic mass is 10.2. The molecule has 0 amide bonds. The molecule has 0 unspecified atom stereocenters. The van der Waals surface area contributed by atoms with Gasteiger partial charge in [-0.2, -0.15) is 4.98 Å². The Morgan fingerprint density at radius 3 is 3.05 bits per heavy atom. The molecule has 0 aliphatic heterocycles. The van der Waals surface area contributed by atoms with Crippen LogP contribution in [-0.2, 0) is 17.8 Å². The van der Waals surface area contributed by atoms with Crippen LogP contribution in [0.1, 0.15) is 11.4 Å². The third-order valence-corrected chi connectivity index (χ3v) is 3.47. The zero-order chi connectivity index (χ0) is 15.5. The van der Waals surface area contributed by atoms with Crippen LogP contribution in [0.4, 0.5) is 6.01 Å². The molecule has 0 radical (unpaired) electrons. The Hall–Kier alpha value is -2.41. The number of methoxy groups -OCH3 is 1. The fraction of sp³-hybridized carbons (Fsp3) is 0.400. The van der Waals surface area contributed by atoms with Gasteiger partial charge in [-0.3, -0.25) is 0 Å². The highest BCUT2D eigenvalue weighted by Gasteiger charge is 2.14. The van der Waals surface area contributed by atoms with Crippen LogP contribution < -0.4 is 4.90 Å². The Bertz CT molecular complexity index is 764. The van der Waals surface area contributed by atoms with E-state index in [2.05, 4.69) is 15.2 Å². The van der Waals surface area contributed by atoms with Crippen molar-refractivity contribution < 1.29 is 9.15 Å². The smallest absolute Gasteiger partial charge is 0.298 e. The van der Waals surface area contributed by atoms with Crippen LogP contribution in [0.5, 0.6) is 0 Å². The summed E-state index contributed by atoms with van der Waals surface area (Å²) in [6.45, 7) is 3.95. The number of fused-ring (bicyclic) bond motifs is 1. The van der Waals surface area contributed by atoms with E-state index in [-0.39, 0.29) is 0 Å². The van der Waals surface area contributed by atoms with Gasteiger partial charge in [0.05, 0.1) is 13.2 Å². The zero-order valence-electron chi connectivity index (χ0n) is 13.0. The summed E-state index contributed by atoms with van der Waals surface area (Å²) in [6.07, 6.45) is 1.71. The summed E-state index contributed by atoms with van der Waals surface area (Å²) in [5.41, 5.74) is 2.81. The Morgan fingerprint density at radius 1 is 1.36 bits per heavy atom. The number of benzene rings is 1. The number of hydrogen-bond acceptors (Lipinski definition) is 6. The predicted molar refractivity (Wildman–Crippen MR) is 82.8 cm³/mol. The van der Waals surface area contributed by atoms with E-state index in [1.54, 1.807) is 13.4 Å². The van der Waals surface area contributed by atoms with E-state index in [1.165, 1.54) is 0 Å². The Labute approximate surface area is 128 Å². The summed E-state index contributed by atoms with van der Waals surface area (Å²) in [5, 5.41) is 8.10. The van der Waals surface area contributed by atoms with Crippen LogP contribution >= 0.6 is 0 Å². The number of aryl methyl sites for hydroxylation is 1. The van der Waals surface area contributed by atoms with Gasteiger partial charge in [0.15, 0.2) is 11.4 Å². The molecule has 2 heterocycles.